The predicted octanol–water partition coefficient (Wildman–Crippen LogP) is 4.37. The number of carbonyl (C=O) groups excluding carboxylic acids is 2. The van der Waals surface area contributed by atoms with E-state index >= 15 is 0 Å². The molecule has 1 aliphatic heterocycles. The Morgan fingerprint density at radius 1 is 0.914 bits per heavy atom. The molecule has 1 fully saturated rings. The van der Waals surface area contributed by atoms with Crippen molar-refractivity contribution < 1.29 is 18.0 Å². The number of benzene rings is 3. The van der Waals surface area contributed by atoms with Gasteiger partial charge in [-0.05, 0) is 62.6 Å². The number of nitrogens with one attached hydrogen (secondary N) is 1. The van der Waals surface area contributed by atoms with Gasteiger partial charge in [0.2, 0.25) is 5.91 Å². The van der Waals surface area contributed by atoms with Crippen molar-refractivity contribution in [2.45, 2.75) is 31.6 Å². The van der Waals surface area contributed by atoms with Crippen molar-refractivity contribution in [2.24, 2.45) is 0 Å². The average Bonchev–Trinajstić information content (AvgIpc) is 3.38. The summed E-state index contributed by atoms with van der Waals surface area (Å²) in [5.41, 5.74) is 2.92. The number of hydrogen-bond donors (Lipinski definition) is 1. The Hall–Kier alpha value is -3.65. The molecule has 0 saturated carbocycles. The summed E-state index contributed by atoms with van der Waals surface area (Å²) in [6, 6.07) is 20.3. The molecule has 0 unspecified atom stereocenters. The van der Waals surface area contributed by atoms with Crippen LogP contribution < -0.4 is 9.62 Å². The van der Waals surface area contributed by atoms with Crippen molar-refractivity contribution in [3.8, 4) is 0 Å². The summed E-state index contributed by atoms with van der Waals surface area (Å²) in [5, 5.41) is 2.78. The zero-order valence-corrected chi connectivity index (χ0v) is 20.7. The van der Waals surface area contributed by atoms with Crippen LogP contribution in [0, 0.1) is 13.8 Å². The van der Waals surface area contributed by atoms with Gasteiger partial charge in [0.15, 0.2) is 0 Å². The zero-order valence-electron chi connectivity index (χ0n) is 19.9. The number of amides is 2. The highest BCUT2D eigenvalue weighted by molar-refractivity contribution is 7.92. The van der Waals surface area contributed by atoms with Crippen LogP contribution in [0.2, 0.25) is 0 Å². The average molecular weight is 492 g/mol. The van der Waals surface area contributed by atoms with E-state index in [0.29, 0.717) is 30.0 Å². The van der Waals surface area contributed by atoms with Gasteiger partial charge in [-0.2, -0.15) is 0 Å². The Labute approximate surface area is 206 Å². The number of anilines is 2. The number of aryl methyl sites for hydroxylation is 2. The number of para-hydroxylation sites is 1. The molecule has 35 heavy (non-hydrogen) atoms. The number of nitrogens with zero attached hydrogens (tertiary/aromatic N) is 2. The fourth-order valence-corrected chi connectivity index (χ4v) is 5.80. The van der Waals surface area contributed by atoms with E-state index in [1.165, 1.54) is 12.1 Å². The minimum Gasteiger partial charge on any atom is -0.339 e. The molecule has 1 aliphatic rings. The summed E-state index contributed by atoms with van der Waals surface area (Å²) >= 11 is 0. The van der Waals surface area contributed by atoms with Crippen molar-refractivity contribution >= 4 is 33.2 Å². The first-order chi connectivity index (χ1) is 16.8. The molecule has 2 amide bonds. The minimum atomic E-state index is -4.02. The molecule has 0 aliphatic carbocycles. The second kappa shape index (κ2) is 10.3. The molecule has 0 atom stereocenters. The second-order valence-electron chi connectivity index (χ2n) is 8.71. The van der Waals surface area contributed by atoms with E-state index in [1.807, 2.05) is 26.0 Å². The van der Waals surface area contributed by atoms with Gasteiger partial charge >= 0.3 is 0 Å². The number of hydrogen-bond acceptors (Lipinski definition) is 4. The zero-order chi connectivity index (χ0) is 25.0. The molecule has 1 saturated heterocycles. The summed E-state index contributed by atoms with van der Waals surface area (Å²) in [6.45, 7) is 4.69. The highest BCUT2D eigenvalue weighted by Gasteiger charge is 2.29. The van der Waals surface area contributed by atoms with E-state index in [4.69, 9.17) is 0 Å². The highest BCUT2D eigenvalue weighted by atomic mass is 32.2. The third kappa shape index (κ3) is 5.38. The van der Waals surface area contributed by atoms with Gasteiger partial charge in [-0.25, -0.2) is 8.42 Å². The van der Waals surface area contributed by atoms with Gasteiger partial charge in [-0.1, -0.05) is 48.0 Å². The maximum Gasteiger partial charge on any atom is 0.264 e. The molecular formula is C27H29N3O4S. The van der Waals surface area contributed by atoms with Gasteiger partial charge in [0.05, 0.1) is 21.8 Å². The Morgan fingerprint density at radius 3 is 2.26 bits per heavy atom. The molecule has 0 spiro atoms. The van der Waals surface area contributed by atoms with Gasteiger partial charge in [0, 0.05) is 13.1 Å². The monoisotopic (exact) mass is 491 g/mol. The van der Waals surface area contributed by atoms with Crippen LogP contribution >= 0.6 is 0 Å². The number of likely N-dealkylation sites (tertiary alicyclic amines) is 1. The van der Waals surface area contributed by atoms with Crippen molar-refractivity contribution in [2.75, 3.05) is 29.3 Å². The van der Waals surface area contributed by atoms with Crippen molar-refractivity contribution in [3.63, 3.8) is 0 Å². The third-order valence-corrected chi connectivity index (χ3v) is 7.84. The fraction of sp³-hybridized carbons (Fsp3) is 0.259. The van der Waals surface area contributed by atoms with Crippen molar-refractivity contribution in [1.82, 2.24) is 4.90 Å². The Kier molecular flexibility index (Phi) is 7.21. The van der Waals surface area contributed by atoms with Crippen LogP contribution in [0.25, 0.3) is 0 Å². The lowest BCUT2D eigenvalue weighted by atomic mass is 10.1. The lowest BCUT2D eigenvalue weighted by Gasteiger charge is -2.26. The Balaban J connectivity index is 1.65. The summed E-state index contributed by atoms with van der Waals surface area (Å²) in [5.74, 6) is -0.673. The van der Waals surface area contributed by atoms with E-state index in [-0.39, 0.29) is 10.8 Å². The van der Waals surface area contributed by atoms with Gasteiger partial charge in [0.1, 0.15) is 6.54 Å². The largest absolute Gasteiger partial charge is 0.339 e. The first-order valence-electron chi connectivity index (χ1n) is 11.6. The third-order valence-electron chi connectivity index (χ3n) is 6.06. The number of carbonyl (C=O) groups is 2. The Morgan fingerprint density at radius 2 is 1.57 bits per heavy atom. The van der Waals surface area contributed by atoms with Crippen LogP contribution in [0.3, 0.4) is 0 Å². The van der Waals surface area contributed by atoms with Crippen LogP contribution in [-0.4, -0.2) is 44.8 Å². The van der Waals surface area contributed by atoms with Crippen LogP contribution in [0.1, 0.15) is 34.3 Å². The van der Waals surface area contributed by atoms with Crippen LogP contribution in [-0.2, 0) is 14.8 Å². The van der Waals surface area contributed by atoms with Crippen LogP contribution in [0.5, 0.6) is 0 Å². The van der Waals surface area contributed by atoms with Crippen LogP contribution in [0.15, 0.2) is 77.7 Å². The summed E-state index contributed by atoms with van der Waals surface area (Å²) < 4.78 is 28.3. The topological polar surface area (TPSA) is 86.8 Å². The molecule has 4 rings (SSSR count). The molecule has 3 aromatic rings. The van der Waals surface area contributed by atoms with E-state index < -0.39 is 22.5 Å². The first kappa shape index (κ1) is 24.5. The molecule has 1 heterocycles. The van der Waals surface area contributed by atoms with E-state index in [1.54, 1.807) is 53.4 Å². The maximum atomic E-state index is 13.6. The second-order valence-corrected chi connectivity index (χ2v) is 10.6. The molecule has 0 bridgehead atoms. The summed E-state index contributed by atoms with van der Waals surface area (Å²) in [7, 11) is -4.02. The lowest BCUT2D eigenvalue weighted by Crippen LogP contribution is -2.39. The summed E-state index contributed by atoms with van der Waals surface area (Å²) in [6.07, 6.45) is 1.92. The SMILES string of the molecule is Cc1ccc(N(CC(=O)Nc2ccccc2C(=O)N2CCCC2)S(=O)(=O)c2ccccc2)c(C)c1. The van der Waals surface area contributed by atoms with Crippen molar-refractivity contribution in [3.05, 3.63) is 89.5 Å². The number of rotatable bonds is 7. The molecular weight excluding hydrogens is 462 g/mol. The molecule has 8 heteroatoms. The van der Waals surface area contributed by atoms with Crippen molar-refractivity contribution in [1.29, 1.82) is 0 Å². The molecule has 182 valence electrons. The molecule has 3 aromatic carbocycles. The van der Waals surface area contributed by atoms with E-state index in [0.717, 1.165) is 28.3 Å². The van der Waals surface area contributed by atoms with Gasteiger partial charge < -0.3 is 10.2 Å². The lowest BCUT2D eigenvalue weighted by molar-refractivity contribution is -0.114. The number of sulfonamides is 1. The Bertz CT molecular complexity index is 1330. The molecule has 1 N–H and O–H groups in total. The minimum absolute atomic E-state index is 0.0948. The summed E-state index contributed by atoms with van der Waals surface area (Å²) in [4.78, 5) is 28.1. The van der Waals surface area contributed by atoms with Gasteiger partial charge in [-0.15, -0.1) is 0 Å². The predicted molar refractivity (Wildman–Crippen MR) is 137 cm³/mol. The highest BCUT2D eigenvalue weighted by Crippen LogP contribution is 2.28. The first-order valence-corrected chi connectivity index (χ1v) is 13.0. The quantitative estimate of drug-likeness (QED) is 0.532. The van der Waals surface area contributed by atoms with Gasteiger partial charge in [-0.3, -0.25) is 13.9 Å². The van der Waals surface area contributed by atoms with E-state index in [9.17, 15) is 18.0 Å². The smallest absolute Gasteiger partial charge is 0.264 e. The fourth-order valence-electron chi connectivity index (χ4n) is 4.29. The molecule has 7 nitrogen and oxygen atoms in total. The van der Waals surface area contributed by atoms with Crippen LogP contribution in [0.4, 0.5) is 11.4 Å². The van der Waals surface area contributed by atoms with E-state index in [2.05, 4.69) is 5.32 Å². The molecule has 0 aromatic heterocycles. The molecule has 0 radical (unpaired) electrons. The van der Waals surface area contributed by atoms with Gasteiger partial charge in [0.25, 0.3) is 15.9 Å². The maximum absolute atomic E-state index is 13.6. The normalized spacial score (nSPS) is 13.5. The standard InChI is InChI=1S/C27H29N3O4S/c1-20-14-15-25(21(2)18-20)30(35(33,34)22-10-4-3-5-11-22)19-26(31)28-24-13-7-6-12-23(24)27(32)29-16-8-9-17-29/h3-7,10-15,18H,8-9,16-17,19H2,1-2H3,(H,28,31).